The van der Waals surface area contributed by atoms with Gasteiger partial charge in [0.2, 0.25) is 0 Å². The molecule has 0 radical (unpaired) electrons. The number of rotatable bonds is 8. The third-order valence-corrected chi connectivity index (χ3v) is 4.03. The van der Waals surface area contributed by atoms with E-state index in [1.54, 1.807) is 19.1 Å². The van der Waals surface area contributed by atoms with Crippen LogP contribution in [0.2, 0.25) is 0 Å². The minimum atomic E-state index is -0.194. The first kappa shape index (κ1) is 17.2. The molecule has 4 atom stereocenters. The SMILES string of the molecule is CCCCNC1C=CN(C2COC(COC)C2OC)C(=O)N1. The summed E-state index contributed by atoms with van der Waals surface area (Å²) in [6.45, 7) is 3.92. The largest absolute Gasteiger partial charge is 0.382 e. The molecule has 0 aromatic carbocycles. The fourth-order valence-electron chi connectivity index (χ4n) is 2.83. The molecule has 2 aliphatic heterocycles. The monoisotopic (exact) mass is 313 g/mol. The number of unbranched alkanes of at least 4 members (excludes halogenated alkanes) is 1. The van der Waals surface area contributed by atoms with Crippen molar-refractivity contribution in [2.24, 2.45) is 0 Å². The molecule has 2 rings (SSSR count). The summed E-state index contributed by atoms with van der Waals surface area (Å²) in [6.07, 6.45) is 5.52. The highest BCUT2D eigenvalue weighted by Crippen LogP contribution is 2.24. The van der Waals surface area contributed by atoms with Crippen LogP contribution in [0.4, 0.5) is 4.79 Å². The van der Waals surface area contributed by atoms with Crippen molar-refractivity contribution in [2.75, 3.05) is 34.0 Å². The van der Waals surface area contributed by atoms with Gasteiger partial charge in [-0.1, -0.05) is 13.3 Å². The van der Waals surface area contributed by atoms with E-state index in [1.165, 1.54) is 0 Å². The predicted octanol–water partition coefficient (Wildman–Crippen LogP) is 0.670. The Morgan fingerprint density at radius 2 is 2.32 bits per heavy atom. The highest BCUT2D eigenvalue weighted by molar-refractivity contribution is 5.77. The fraction of sp³-hybridized carbons (Fsp3) is 0.800. The van der Waals surface area contributed by atoms with Crippen molar-refractivity contribution in [1.29, 1.82) is 0 Å². The first-order valence-corrected chi connectivity index (χ1v) is 7.85. The Balaban J connectivity index is 1.95. The summed E-state index contributed by atoms with van der Waals surface area (Å²) < 4.78 is 16.4. The van der Waals surface area contributed by atoms with Crippen molar-refractivity contribution < 1.29 is 19.0 Å². The maximum Gasteiger partial charge on any atom is 0.323 e. The molecule has 2 N–H and O–H groups in total. The number of hydrogen-bond donors (Lipinski definition) is 2. The molecule has 22 heavy (non-hydrogen) atoms. The van der Waals surface area contributed by atoms with Gasteiger partial charge in [-0.2, -0.15) is 0 Å². The first-order valence-electron chi connectivity index (χ1n) is 7.85. The third kappa shape index (κ3) is 3.98. The molecule has 2 heterocycles. The van der Waals surface area contributed by atoms with Gasteiger partial charge in [0.25, 0.3) is 0 Å². The van der Waals surface area contributed by atoms with Crippen LogP contribution in [-0.2, 0) is 14.2 Å². The van der Waals surface area contributed by atoms with Crippen LogP contribution in [0, 0.1) is 0 Å². The van der Waals surface area contributed by atoms with Crippen LogP contribution in [0.25, 0.3) is 0 Å². The molecule has 1 fully saturated rings. The fourth-order valence-corrected chi connectivity index (χ4v) is 2.83. The average molecular weight is 313 g/mol. The Morgan fingerprint density at radius 1 is 1.50 bits per heavy atom. The Hall–Kier alpha value is -1.15. The Morgan fingerprint density at radius 3 is 2.95 bits per heavy atom. The van der Waals surface area contributed by atoms with E-state index < -0.39 is 0 Å². The van der Waals surface area contributed by atoms with Crippen LogP contribution in [0.3, 0.4) is 0 Å². The second-order valence-electron chi connectivity index (χ2n) is 5.58. The zero-order valence-corrected chi connectivity index (χ0v) is 13.6. The van der Waals surface area contributed by atoms with Crippen LogP contribution in [-0.4, -0.2) is 69.3 Å². The highest BCUT2D eigenvalue weighted by atomic mass is 16.6. The van der Waals surface area contributed by atoms with Gasteiger partial charge in [0.15, 0.2) is 0 Å². The molecule has 2 aliphatic rings. The van der Waals surface area contributed by atoms with Gasteiger partial charge in [-0.15, -0.1) is 0 Å². The van der Waals surface area contributed by atoms with Gasteiger partial charge in [-0.3, -0.25) is 10.2 Å². The topological polar surface area (TPSA) is 72.1 Å². The number of urea groups is 1. The van der Waals surface area contributed by atoms with E-state index in [4.69, 9.17) is 14.2 Å². The maximum atomic E-state index is 12.3. The van der Waals surface area contributed by atoms with Crippen LogP contribution < -0.4 is 10.6 Å². The lowest BCUT2D eigenvalue weighted by atomic mass is 10.1. The zero-order chi connectivity index (χ0) is 15.9. The van der Waals surface area contributed by atoms with Gasteiger partial charge >= 0.3 is 6.03 Å². The average Bonchev–Trinajstić information content (AvgIpc) is 2.91. The summed E-state index contributed by atoms with van der Waals surface area (Å²) in [5, 5.41) is 6.23. The van der Waals surface area contributed by atoms with Gasteiger partial charge in [-0.05, 0) is 19.0 Å². The van der Waals surface area contributed by atoms with Crippen molar-refractivity contribution in [3.63, 3.8) is 0 Å². The Labute approximate surface area is 132 Å². The summed E-state index contributed by atoms with van der Waals surface area (Å²) >= 11 is 0. The molecule has 0 bridgehead atoms. The highest BCUT2D eigenvalue weighted by Gasteiger charge is 2.43. The smallest absolute Gasteiger partial charge is 0.323 e. The molecule has 126 valence electrons. The predicted molar refractivity (Wildman–Crippen MR) is 82.4 cm³/mol. The van der Waals surface area contributed by atoms with E-state index >= 15 is 0 Å². The van der Waals surface area contributed by atoms with Crippen molar-refractivity contribution in [1.82, 2.24) is 15.5 Å². The molecule has 2 amide bonds. The lowest BCUT2D eigenvalue weighted by Crippen LogP contribution is -2.57. The molecular formula is C15H27N3O4. The van der Waals surface area contributed by atoms with Gasteiger partial charge in [0, 0.05) is 20.4 Å². The standard InChI is InChI=1S/C15H27N3O4/c1-4-5-7-16-13-6-8-18(15(19)17-13)11-9-22-12(10-20-2)14(11)21-3/h6,8,11-14,16H,4-5,7,9-10H2,1-3H3,(H,17,19). The van der Waals surface area contributed by atoms with E-state index in [0.29, 0.717) is 13.2 Å². The molecule has 7 nitrogen and oxygen atoms in total. The number of carbonyl (C=O) groups is 1. The number of ether oxygens (including phenoxy) is 3. The lowest BCUT2D eigenvalue weighted by Gasteiger charge is -2.34. The van der Waals surface area contributed by atoms with E-state index in [9.17, 15) is 4.79 Å². The van der Waals surface area contributed by atoms with Gasteiger partial charge in [0.05, 0.1) is 19.3 Å². The Kier molecular flexibility index (Phi) is 6.63. The molecule has 4 unspecified atom stereocenters. The first-order chi connectivity index (χ1) is 10.7. The van der Waals surface area contributed by atoms with E-state index in [2.05, 4.69) is 17.6 Å². The Bertz CT molecular complexity index is 391. The minimum Gasteiger partial charge on any atom is -0.382 e. The summed E-state index contributed by atoms with van der Waals surface area (Å²) in [4.78, 5) is 14.0. The van der Waals surface area contributed by atoms with E-state index in [1.807, 2.05) is 12.3 Å². The third-order valence-electron chi connectivity index (χ3n) is 4.03. The number of amides is 2. The number of nitrogens with one attached hydrogen (secondary N) is 2. The van der Waals surface area contributed by atoms with Crippen LogP contribution in [0.15, 0.2) is 12.3 Å². The van der Waals surface area contributed by atoms with Gasteiger partial charge < -0.3 is 19.5 Å². The van der Waals surface area contributed by atoms with E-state index in [-0.39, 0.29) is 30.4 Å². The van der Waals surface area contributed by atoms with Crippen LogP contribution in [0.1, 0.15) is 19.8 Å². The quantitative estimate of drug-likeness (QED) is 0.645. The summed E-state index contributed by atoms with van der Waals surface area (Å²) in [5.74, 6) is 0. The van der Waals surface area contributed by atoms with Gasteiger partial charge in [-0.25, -0.2) is 4.79 Å². The maximum absolute atomic E-state index is 12.3. The normalized spacial score (nSPS) is 31.6. The van der Waals surface area contributed by atoms with Crippen molar-refractivity contribution in [3.8, 4) is 0 Å². The molecule has 0 spiro atoms. The zero-order valence-electron chi connectivity index (χ0n) is 13.6. The second kappa shape index (κ2) is 8.47. The number of methoxy groups -OCH3 is 2. The summed E-state index contributed by atoms with van der Waals surface area (Å²) in [5.41, 5.74) is 0. The second-order valence-corrected chi connectivity index (χ2v) is 5.58. The van der Waals surface area contributed by atoms with Crippen molar-refractivity contribution in [3.05, 3.63) is 12.3 Å². The van der Waals surface area contributed by atoms with E-state index in [0.717, 1.165) is 19.4 Å². The molecule has 0 aromatic rings. The van der Waals surface area contributed by atoms with Gasteiger partial charge in [0.1, 0.15) is 18.4 Å². The molecule has 0 aliphatic carbocycles. The lowest BCUT2D eigenvalue weighted by molar-refractivity contribution is -0.0305. The van der Waals surface area contributed by atoms with Crippen LogP contribution >= 0.6 is 0 Å². The number of hydrogen-bond acceptors (Lipinski definition) is 5. The number of carbonyl (C=O) groups excluding carboxylic acids is 1. The van der Waals surface area contributed by atoms with Crippen LogP contribution in [0.5, 0.6) is 0 Å². The minimum absolute atomic E-state index is 0.117. The summed E-state index contributed by atoms with van der Waals surface area (Å²) in [7, 11) is 3.26. The molecule has 0 aromatic heterocycles. The molecule has 7 heteroatoms. The molecular weight excluding hydrogens is 286 g/mol. The van der Waals surface area contributed by atoms with Crippen molar-refractivity contribution >= 4 is 6.03 Å². The molecule has 0 saturated carbocycles. The summed E-state index contributed by atoms with van der Waals surface area (Å²) in [6, 6.07) is -0.275. The molecule has 1 saturated heterocycles. The number of nitrogens with zero attached hydrogens (tertiary/aromatic N) is 1. The van der Waals surface area contributed by atoms with Crippen molar-refractivity contribution in [2.45, 2.75) is 44.2 Å².